The van der Waals surface area contributed by atoms with Gasteiger partial charge in [0.15, 0.2) is 6.10 Å². The lowest BCUT2D eigenvalue weighted by atomic mass is 10.2. The summed E-state index contributed by atoms with van der Waals surface area (Å²) >= 11 is 0. The molecule has 2 amide bonds. The highest BCUT2D eigenvalue weighted by atomic mass is 16.5. The molecular formula is C11H14N4O3. The molecule has 1 aromatic heterocycles. The van der Waals surface area contributed by atoms with Crippen molar-refractivity contribution in [3.05, 3.63) is 24.3 Å². The van der Waals surface area contributed by atoms with Gasteiger partial charge in [0, 0.05) is 26.0 Å². The van der Waals surface area contributed by atoms with Gasteiger partial charge in [-0.25, -0.2) is 4.98 Å². The zero-order valence-corrected chi connectivity index (χ0v) is 10.00. The third-order valence-electron chi connectivity index (χ3n) is 2.67. The van der Waals surface area contributed by atoms with Crippen molar-refractivity contribution in [1.29, 1.82) is 0 Å². The molecule has 18 heavy (non-hydrogen) atoms. The van der Waals surface area contributed by atoms with Crippen LogP contribution in [0.3, 0.4) is 0 Å². The summed E-state index contributed by atoms with van der Waals surface area (Å²) in [5, 5.41) is 2.50. The maximum absolute atomic E-state index is 12.1. The van der Waals surface area contributed by atoms with Crippen LogP contribution in [-0.2, 0) is 9.53 Å². The van der Waals surface area contributed by atoms with E-state index in [1.54, 1.807) is 4.90 Å². The first-order valence-corrected chi connectivity index (χ1v) is 5.61. The molecule has 1 aliphatic rings. The van der Waals surface area contributed by atoms with E-state index in [1.807, 2.05) is 0 Å². The lowest BCUT2D eigenvalue weighted by Crippen LogP contribution is -2.51. The molecule has 96 valence electrons. The van der Waals surface area contributed by atoms with Crippen molar-refractivity contribution in [2.24, 2.45) is 0 Å². The van der Waals surface area contributed by atoms with Gasteiger partial charge in [0.2, 0.25) is 0 Å². The van der Waals surface area contributed by atoms with Crippen LogP contribution in [0.4, 0.5) is 0 Å². The Hall–Kier alpha value is -2.02. The first kappa shape index (κ1) is 12.4. The minimum atomic E-state index is -0.621. The van der Waals surface area contributed by atoms with Crippen LogP contribution in [0.25, 0.3) is 0 Å². The number of ether oxygens (including phenoxy) is 1. The molecule has 2 heterocycles. The molecular weight excluding hydrogens is 236 g/mol. The summed E-state index contributed by atoms with van der Waals surface area (Å²) in [5.41, 5.74) is 0.273. The molecule has 0 aromatic carbocycles. The highest BCUT2D eigenvalue weighted by Gasteiger charge is 2.29. The van der Waals surface area contributed by atoms with E-state index in [1.165, 1.54) is 25.6 Å². The minimum Gasteiger partial charge on any atom is -0.365 e. The van der Waals surface area contributed by atoms with Gasteiger partial charge in [-0.2, -0.15) is 0 Å². The number of likely N-dealkylation sites (N-methyl/N-ethyl adjacent to an activating group) is 1. The van der Waals surface area contributed by atoms with Gasteiger partial charge in [-0.1, -0.05) is 0 Å². The summed E-state index contributed by atoms with van der Waals surface area (Å²) in [4.78, 5) is 32.9. The van der Waals surface area contributed by atoms with Gasteiger partial charge in [-0.3, -0.25) is 14.6 Å². The summed E-state index contributed by atoms with van der Waals surface area (Å²) in [6.45, 7) is 1.02. The maximum atomic E-state index is 12.1. The lowest BCUT2D eigenvalue weighted by molar-refractivity contribution is -0.136. The fraction of sp³-hybridized carbons (Fsp3) is 0.455. The Morgan fingerprint density at radius 2 is 2.33 bits per heavy atom. The van der Waals surface area contributed by atoms with Gasteiger partial charge in [-0.05, 0) is 0 Å². The Bertz CT molecular complexity index is 437. The molecule has 0 saturated carbocycles. The van der Waals surface area contributed by atoms with E-state index >= 15 is 0 Å². The molecule has 1 aromatic rings. The second-order valence-corrected chi connectivity index (χ2v) is 3.82. The Kier molecular flexibility index (Phi) is 3.83. The molecule has 1 aliphatic heterocycles. The van der Waals surface area contributed by atoms with Crippen LogP contribution in [0.2, 0.25) is 0 Å². The number of morpholine rings is 1. The third-order valence-corrected chi connectivity index (χ3v) is 2.67. The number of carbonyl (C=O) groups is 2. The molecule has 7 nitrogen and oxygen atoms in total. The van der Waals surface area contributed by atoms with Gasteiger partial charge in [0.05, 0.1) is 19.3 Å². The smallest absolute Gasteiger partial charge is 0.274 e. The first-order chi connectivity index (χ1) is 8.72. The van der Waals surface area contributed by atoms with E-state index in [9.17, 15) is 9.59 Å². The van der Waals surface area contributed by atoms with Gasteiger partial charge >= 0.3 is 0 Å². The molecule has 0 aliphatic carbocycles. The van der Waals surface area contributed by atoms with Crippen molar-refractivity contribution >= 4 is 11.8 Å². The van der Waals surface area contributed by atoms with Crippen molar-refractivity contribution < 1.29 is 14.3 Å². The van der Waals surface area contributed by atoms with Gasteiger partial charge in [0.25, 0.3) is 11.8 Å². The van der Waals surface area contributed by atoms with Crippen LogP contribution in [0.1, 0.15) is 10.5 Å². The number of nitrogens with one attached hydrogen (secondary N) is 1. The standard InChI is InChI=1S/C11H14N4O3/c1-12-10(16)9-7-15(4-5-18-9)11(17)8-6-13-2-3-14-8/h2-3,6,9H,4-5,7H2,1H3,(H,12,16)/t9-/m0/s1. The Balaban J connectivity index is 2.05. The van der Waals surface area contributed by atoms with Crippen molar-refractivity contribution in [3.8, 4) is 0 Å². The van der Waals surface area contributed by atoms with Crippen LogP contribution >= 0.6 is 0 Å². The van der Waals surface area contributed by atoms with E-state index < -0.39 is 6.10 Å². The van der Waals surface area contributed by atoms with Crippen molar-refractivity contribution in [2.45, 2.75) is 6.10 Å². The molecule has 0 unspecified atom stereocenters. The van der Waals surface area contributed by atoms with Crippen molar-refractivity contribution in [3.63, 3.8) is 0 Å². The molecule has 1 atom stereocenters. The highest BCUT2D eigenvalue weighted by Crippen LogP contribution is 2.08. The Labute approximate surface area is 104 Å². The van der Waals surface area contributed by atoms with Gasteiger partial charge in [-0.15, -0.1) is 0 Å². The number of aromatic nitrogens is 2. The fourth-order valence-electron chi connectivity index (χ4n) is 1.72. The number of rotatable bonds is 2. The average molecular weight is 250 g/mol. The summed E-state index contributed by atoms with van der Waals surface area (Å²) in [6, 6.07) is 0. The highest BCUT2D eigenvalue weighted by molar-refractivity contribution is 5.92. The first-order valence-electron chi connectivity index (χ1n) is 5.61. The zero-order chi connectivity index (χ0) is 13.0. The lowest BCUT2D eigenvalue weighted by Gasteiger charge is -2.31. The molecule has 1 saturated heterocycles. The van der Waals surface area contributed by atoms with Crippen molar-refractivity contribution in [2.75, 3.05) is 26.7 Å². The predicted octanol–water partition coefficient (Wildman–Crippen LogP) is -0.936. The van der Waals surface area contributed by atoms with E-state index in [-0.39, 0.29) is 24.1 Å². The number of hydrogen-bond acceptors (Lipinski definition) is 5. The van der Waals surface area contributed by atoms with Crippen molar-refractivity contribution in [1.82, 2.24) is 20.2 Å². The summed E-state index contributed by atoms with van der Waals surface area (Å²) in [7, 11) is 1.54. The number of amides is 2. The van der Waals surface area contributed by atoms with E-state index in [0.29, 0.717) is 13.2 Å². The predicted molar refractivity (Wildman–Crippen MR) is 61.7 cm³/mol. The van der Waals surface area contributed by atoms with E-state index in [0.717, 1.165) is 0 Å². The average Bonchev–Trinajstić information content (AvgIpc) is 2.46. The summed E-state index contributed by atoms with van der Waals surface area (Å²) in [6.07, 6.45) is 3.75. The molecule has 0 radical (unpaired) electrons. The largest absolute Gasteiger partial charge is 0.365 e. The second kappa shape index (κ2) is 5.54. The van der Waals surface area contributed by atoms with Crippen LogP contribution in [0, 0.1) is 0 Å². The van der Waals surface area contributed by atoms with Crippen LogP contribution in [-0.4, -0.2) is 59.5 Å². The molecule has 0 bridgehead atoms. The van der Waals surface area contributed by atoms with Gasteiger partial charge in [0.1, 0.15) is 5.69 Å². The quantitative estimate of drug-likeness (QED) is 0.732. The van der Waals surface area contributed by atoms with E-state index in [2.05, 4.69) is 15.3 Å². The molecule has 1 N–H and O–H groups in total. The maximum Gasteiger partial charge on any atom is 0.274 e. The van der Waals surface area contributed by atoms with Gasteiger partial charge < -0.3 is 15.0 Å². The molecule has 0 spiro atoms. The summed E-state index contributed by atoms with van der Waals surface area (Å²) in [5.74, 6) is -0.466. The SMILES string of the molecule is CNC(=O)[C@@H]1CN(C(=O)c2cnccn2)CCO1. The van der Waals surface area contributed by atoms with E-state index in [4.69, 9.17) is 4.74 Å². The fourth-order valence-corrected chi connectivity index (χ4v) is 1.72. The topological polar surface area (TPSA) is 84.4 Å². The Morgan fingerprint density at radius 3 is 3.00 bits per heavy atom. The number of hydrogen-bond donors (Lipinski definition) is 1. The van der Waals surface area contributed by atoms with Crippen LogP contribution < -0.4 is 5.32 Å². The normalized spacial score (nSPS) is 19.4. The third kappa shape index (κ3) is 2.62. The second-order valence-electron chi connectivity index (χ2n) is 3.82. The molecule has 7 heteroatoms. The zero-order valence-electron chi connectivity index (χ0n) is 10.00. The number of carbonyl (C=O) groups excluding carboxylic acids is 2. The monoisotopic (exact) mass is 250 g/mol. The Morgan fingerprint density at radius 1 is 1.50 bits per heavy atom. The summed E-state index contributed by atoms with van der Waals surface area (Å²) < 4.78 is 5.30. The van der Waals surface area contributed by atoms with Crippen LogP contribution in [0.5, 0.6) is 0 Å². The van der Waals surface area contributed by atoms with Crippen LogP contribution in [0.15, 0.2) is 18.6 Å². The molecule has 1 fully saturated rings. The minimum absolute atomic E-state index is 0.230. The number of nitrogens with zero attached hydrogens (tertiary/aromatic N) is 3. The molecule has 2 rings (SSSR count).